The van der Waals surface area contributed by atoms with Gasteiger partial charge >= 0.3 is 0 Å². The molecule has 1 spiro atoms. The molecule has 0 unspecified atom stereocenters. The van der Waals surface area contributed by atoms with Crippen LogP contribution >= 0.6 is 22.9 Å². The van der Waals surface area contributed by atoms with Crippen LogP contribution in [0.4, 0.5) is 11.5 Å². The number of hydrogen-bond acceptors (Lipinski definition) is 5. The number of halogens is 1. The van der Waals surface area contributed by atoms with Gasteiger partial charge in [0.25, 0.3) is 0 Å². The normalized spacial score (nSPS) is 20.0. The van der Waals surface area contributed by atoms with E-state index in [9.17, 15) is 9.59 Å². The number of amides is 2. The Labute approximate surface area is 179 Å². The van der Waals surface area contributed by atoms with E-state index >= 15 is 0 Å². The van der Waals surface area contributed by atoms with Crippen LogP contribution in [0.5, 0.6) is 0 Å². The van der Waals surface area contributed by atoms with Gasteiger partial charge in [-0.25, -0.2) is 4.98 Å². The third-order valence-electron chi connectivity index (χ3n) is 5.83. The van der Waals surface area contributed by atoms with Gasteiger partial charge in [-0.15, -0.1) is 0 Å². The SMILES string of the molecule is CN1C(=O)[C@]2(CC(=O)Nc3c2cnn3-c2nc3ccccc3s2)c2cc(Cl)ccc21. The second-order valence-corrected chi connectivity index (χ2v) is 8.88. The fourth-order valence-corrected chi connectivity index (χ4v) is 5.58. The van der Waals surface area contributed by atoms with Crippen molar-refractivity contribution in [1.29, 1.82) is 0 Å². The molecule has 0 bridgehead atoms. The molecule has 1 N–H and O–H groups in total. The number of anilines is 2. The first-order chi connectivity index (χ1) is 14.5. The molecule has 2 aromatic heterocycles. The van der Waals surface area contributed by atoms with Gasteiger partial charge in [0.1, 0.15) is 11.2 Å². The lowest BCUT2D eigenvalue weighted by Gasteiger charge is -2.32. The van der Waals surface area contributed by atoms with Crippen LogP contribution in [0, 0.1) is 0 Å². The Morgan fingerprint density at radius 2 is 2.00 bits per heavy atom. The molecule has 2 aliphatic heterocycles. The van der Waals surface area contributed by atoms with Gasteiger partial charge < -0.3 is 10.2 Å². The van der Waals surface area contributed by atoms with Gasteiger partial charge in [-0.05, 0) is 35.9 Å². The van der Waals surface area contributed by atoms with E-state index in [0.29, 0.717) is 21.5 Å². The summed E-state index contributed by atoms with van der Waals surface area (Å²) >= 11 is 7.74. The number of benzene rings is 2. The van der Waals surface area contributed by atoms with Crippen molar-refractivity contribution in [2.24, 2.45) is 0 Å². The van der Waals surface area contributed by atoms with Crippen molar-refractivity contribution in [1.82, 2.24) is 14.8 Å². The number of thiazole rings is 1. The largest absolute Gasteiger partial charge is 0.314 e. The highest BCUT2D eigenvalue weighted by atomic mass is 35.5. The zero-order chi connectivity index (χ0) is 20.6. The summed E-state index contributed by atoms with van der Waals surface area (Å²) in [4.78, 5) is 32.5. The molecule has 7 nitrogen and oxygen atoms in total. The maximum atomic E-state index is 13.5. The molecule has 0 saturated heterocycles. The topological polar surface area (TPSA) is 80.1 Å². The molecule has 148 valence electrons. The van der Waals surface area contributed by atoms with E-state index in [2.05, 4.69) is 15.4 Å². The summed E-state index contributed by atoms with van der Waals surface area (Å²) in [7, 11) is 1.72. The van der Waals surface area contributed by atoms with Crippen molar-refractivity contribution in [3.8, 4) is 5.13 Å². The summed E-state index contributed by atoms with van der Waals surface area (Å²) < 4.78 is 2.62. The molecule has 2 amide bonds. The van der Waals surface area contributed by atoms with Crippen molar-refractivity contribution < 1.29 is 9.59 Å². The first-order valence-corrected chi connectivity index (χ1v) is 10.5. The Morgan fingerprint density at radius 3 is 2.83 bits per heavy atom. The number of nitrogens with zero attached hydrogens (tertiary/aromatic N) is 4. The Hall–Kier alpha value is -3.23. The number of rotatable bonds is 1. The molecule has 0 aliphatic carbocycles. The molecule has 0 fully saturated rings. The van der Waals surface area contributed by atoms with Crippen LogP contribution in [0.3, 0.4) is 0 Å². The Balaban J connectivity index is 1.61. The minimum Gasteiger partial charge on any atom is -0.314 e. The number of carbonyl (C=O) groups excluding carboxylic acids is 2. The molecule has 2 aromatic carbocycles. The van der Waals surface area contributed by atoms with Gasteiger partial charge in [0.15, 0.2) is 0 Å². The summed E-state index contributed by atoms with van der Waals surface area (Å²) in [6.45, 7) is 0. The summed E-state index contributed by atoms with van der Waals surface area (Å²) in [5, 5.41) is 8.57. The predicted molar refractivity (Wildman–Crippen MR) is 116 cm³/mol. The highest BCUT2D eigenvalue weighted by molar-refractivity contribution is 7.20. The molecule has 0 saturated carbocycles. The Kier molecular flexibility index (Phi) is 3.46. The van der Waals surface area contributed by atoms with Crippen LogP contribution in [-0.4, -0.2) is 33.6 Å². The molecule has 1 atom stereocenters. The van der Waals surface area contributed by atoms with E-state index in [-0.39, 0.29) is 18.2 Å². The predicted octanol–water partition coefficient (Wildman–Crippen LogP) is 3.74. The van der Waals surface area contributed by atoms with Crippen molar-refractivity contribution in [3.05, 3.63) is 64.8 Å². The number of fused-ring (bicyclic) bond motifs is 5. The lowest BCUT2D eigenvalue weighted by atomic mass is 9.72. The number of likely N-dealkylation sites (N-methyl/N-ethyl adjacent to an activating group) is 1. The lowest BCUT2D eigenvalue weighted by Crippen LogP contribution is -2.45. The van der Waals surface area contributed by atoms with Crippen LogP contribution in [0.2, 0.25) is 5.02 Å². The third-order valence-corrected chi connectivity index (χ3v) is 7.07. The highest BCUT2D eigenvalue weighted by Crippen LogP contribution is 2.52. The van der Waals surface area contributed by atoms with Crippen LogP contribution in [-0.2, 0) is 15.0 Å². The molecular weight excluding hydrogens is 422 g/mol. The van der Waals surface area contributed by atoms with Gasteiger partial charge in [0.2, 0.25) is 16.9 Å². The minimum absolute atomic E-state index is 0.00204. The number of aromatic nitrogens is 3. The summed E-state index contributed by atoms with van der Waals surface area (Å²) in [5.41, 5.74) is 1.83. The number of nitrogens with one attached hydrogen (secondary N) is 1. The zero-order valence-electron chi connectivity index (χ0n) is 15.7. The quantitative estimate of drug-likeness (QED) is 0.494. The van der Waals surface area contributed by atoms with Gasteiger partial charge in [-0.1, -0.05) is 35.1 Å². The number of para-hydroxylation sites is 1. The molecule has 30 heavy (non-hydrogen) atoms. The fourth-order valence-electron chi connectivity index (χ4n) is 4.47. The van der Waals surface area contributed by atoms with Gasteiger partial charge in [-0.2, -0.15) is 9.78 Å². The average molecular weight is 436 g/mol. The van der Waals surface area contributed by atoms with Crippen molar-refractivity contribution in [2.45, 2.75) is 11.8 Å². The fraction of sp³-hybridized carbons (Fsp3) is 0.143. The van der Waals surface area contributed by atoms with Gasteiger partial charge in [0, 0.05) is 29.7 Å². The molecule has 4 aromatic rings. The number of carbonyl (C=O) groups is 2. The second-order valence-electron chi connectivity index (χ2n) is 7.44. The maximum absolute atomic E-state index is 13.5. The zero-order valence-corrected chi connectivity index (χ0v) is 17.3. The van der Waals surface area contributed by atoms with E-state index in [4.69, 9.17) is 11.6 Å². The highest BCUT2D eigenvalue weighted by Gasteiger charge is 2.56. The average Bonchev–Trinajstić information content (AvgIpc) is 3.39. The third kappa shape index (κ3) is 2.15. The standard InChI is InChI=1S/C21H14ClN5O2S/c1-26-15-7-6-11(22)8-12(15)21(19(26)29)9-17(28)25-18-13(21)10-23-27(18)20-24-14-4-2-3-5-16(14)30-20/h2-8,10H,9H2,1H3,(H,25,28)/t21-/m1/s1. The van der Waals surface area contributed by atoms with Crippen LogP contribution in [0.25, 0.3) is 15.3 Å². The summed E-state index contributed by atoms with van der Waals surface area (Å²) in [6.07, 6.45) is 1.66. The van der Waals surface area contributed by atoms with Crippen LogP contribution in [0.1, 0.15) is 17.5 Å². The van der Waals surface area contributed by atoms with E-state index < -0.39 is 5.41 Å². The first kappa shape index (κ1) is 17.6. The smallest absolute Gasteiger partial charge is 0.242 e. The first-order valence-electron chi connectivity index (χ1n) is 9.31. The van der Waals surface area contributed by atoms with E-state index in [1.807, 2.05) is 30.3 Å². The van der Waals surface area contributed by atoms with Crippen LogP contribution in [0.15, 0.2) is 48.7 Å². The lowest BCUT2D eigenvalue weighted by molar-refractivity contribution is -0.126. The monoisotopic (exact) mass is 435 g/mol. The number of hydrogen-bond donors (Lipinski definition) is 1. The molecular formula is C21H14ClN5O2S. The molecule has 0 radical (unpaired) electrons. The van der Waals surface area contributed by atoms with E-state index in [0.717, 1.165) is 21.5 Å². The Bertz CT molecular complexity index is 1360. The van der Waals surface area contributed by atoms with E-state index in [1.165, 1.54) is 11.3 Å². The molecule has 6 rings (SSSR count). The molecule has 2 aliphatic rings. The van der Waals surface area contributed by atoms with Crippen molar-refractivity contribution >= 4 is 56.5 Å². The van der Waals surface area contributed by atoms with Crippen molar-refractivity contribution in [3.63, 3.8) is 0 Å². The van der Waals surface area contributed by atoms with E-state index in [1.54, 1.807) is 35.0 Å². The van der Waals surface area contributed by atoms with Gasteiger partial charge in [0.05, 0.1) is 16.4 Å². The maximum Gasteiger partial charge on any atom is 0.242 e. The van der Waals surface area contributed by atoms with Gasteiger partial charge in [-0.3, -0.25) is 9.59 Å². The Morgan fingerprint density at radius 1 is 1.17 bits per heavy atom. The molecule has 9 heteroatoms. The molecule has 4 heterocycles. The second kappa shape index (κ2) is 5.90. The van der Waals surface area contributed by atoms with Crippen molar-refractivity contribution in [2.75, 3.05) is 17.3 Å². The summed E-state index contributed by atoms with van der Waals surface area (Å²) in [5.74, 6) is 0.0551. The summed E-state index contributed by atoms with van der Waals surface area (Å²) in [6, 6.07) is 13.1. The minimum atomic E-state index is -1.15. The van der Waals surface area contributed by atoms with Crippen LogP contribution < -0.4 is 10.2 Å².